The van der Waals surface area contributed by atoms with Gasteiger partial charge >= 0.3 is 6.61 Å². The van der Waals surface area contributed by atoms with Crippen LogP contribution in [-0.2, 0) is 0 Å². The number of anilines is 1. The van der Waals surface area contributed by atoms with Gasteiger partial charge in [0, 0.05) is 29.3 Å². The molecule has 3 heterocycles. The normalized spacial score (nSPS) is 12.3. The Balaban J connectivity index is 1.77. The van der Waals surface area contributed by atoms with Gasteiger partial charge in [-0.05, 0) is 25.1 Å². The summed E-state index contributed by atoms with van der Waals surface area (Å²) in [5.41, 5.74) is 0.274. The fourth-order valence-electron chi connectivity index (χ4n) is 3.00. The number of fused-ring (bicyclic) bond motifs is 1. The largest absolute Gasteiger partial charge is 0.432 e. The van der Waals surface area contributed by atoms with Crippen LogP contribution in [0.1, 0.15) is 18.8 Å². The van der Waals surface area contributed by atoms with Crippen LogP contribution in [0.2, 0.25) is 0 Å². The molecule has 9 nitrogen and oxygen atoms in total. The number of aromatic nitrogens is 7. The zero-order chi connectivity index (χ0) is 21.3. The van der Waals surface area contributed by atoms with Gasteiger partial charge in [0.25, 0.3) is 5.95 Å². The molecule has 3 aromatic heterocycles. The second-order valence-electron chi connectivity index (χ2n) is 6.24. The molecule has 30 heavy (non-hydrogen) atoms. The summed E-state index contributed by atoms with van der Waals surface area (Å²) < 4.78 is 32.4. The molecule has 0 bridgehead atoms. The molecule has 1 atom stereocenters. The Labute approximate surface area is 177 Å². The summed E-state index contributed by atoms with van der Waals surface area (Å²) in [5, 5.41) is 4.76. The smallest absolute Gasteiger partial charge is 0.387 e. The lowest BCUT2D eigenvalue weighted by Crippen LogP contribution is -2.26. The molecular weight excluding hydrogens is 462 g/mol. The Morgan fingerprint density at radius 3 is 2.57 bits per heavy atom. The molecule has 154 valence electrons. The van der Waals surface area contributed by atoms with Crippen LogP contribution in [0.25, 0.3) is 16.9 Å². The van der Waals surface area contributed by atoms with Crippen LogP contribution >= 0.6 is 15.9 Å². The molecule has 1 aromatic carbocycles. The maximum Gasteiger partial charge on any atom is 0.387 e. The van der Waals surface area contributed by atoms with E-state index in [4.69, 9.17) is 0 Å². The molecule has 0 aliphatic rings. The Hall–Kier alpha value is -3.28. The van der Waals surface area contributed by atoms with Crippen LogP contribution in [0.15, 0.2) is 47.7 Å². The van der Waals surface area contributed by atoms with E-state index in [-0.39, 0.29) is 17.3 Å². The first-order chi connectivity index (χ1) is 14.5. The number of nitrogens with zero attached hydrogens (tertiary/aromatic N) is 8. The summed E-state index contributed by atoms with van der Waals surface area (Å²) in [6.45, 7) is -1.06. The van der Waals surface area contributed by atoms with Crippen molar-refractivity contribution in [2.45, 2.75) is 19.6 Å². The van der Waals surface area contributed by atoms with Crippen molar-refractivity contribution in [2.24, 2.45) is 0 Å². The van der Waals surface area contributed by atoms with Crippen LogP contribution in [0, 0.1) is 0 Å². The van der Waals surface area contributed by atoms with Gasteiger partial charge in [-0.2, -0.15) is 18.6 Å². The van der Waals surface area contributed by atoms with Gasteiger partial charge in [0.05, 0.1) is 6.04 Å². The third kappa shape index (κ3) is 3.77. The van der Waals surface area contributed by atoms with Crippen molar-refractivity contribution in [1.29, 1.82) is 0 Å². The first-order valence-corrected chi connectivity index (χ1v) is 9.54. The van der Waals surface area contributed by atoms with E-state index in [1.165, 1.54) is 23.4 Å². The minimum atomic E-state index is -2.97. The average Bonchev–Trinajstić information content (AvgIpc) is 3.22. The highest BCUT2D eigenvalue weighted by molar-refractivity contribution is 9.10. The van der Waals surface area contributed by atoms with E-state index < -0.39 is 6.61 Å². The molecule has 0 spiro atoms. The fourth-order valence-corrected chi connectivity index (χ4v) is 3.44. The minimum Gasteiger partial charge on any atom is -0.432 e. The monoisotopic (exact) mass is 476 g/mol. The summed E-state index contributed by atoms with van der Waals surface area (Å²) in [7, 11) is 1.81. The second-order valence-corrected chi connectivity index (χ2v) is 7.16. The number of ether oxygens (including phenoxy) is 1. The van der Waals surface area contributed by atoms with Gasteiger partial charge in [0.15, 0.2) is 11.6 Å². The van der Waals surface area contributed by atoms with Crippen molar-refractivity contribution in [3.8, 4) is 11.7 Å². The minimum absolute atomic E-state index is 0.0417. The Kier molecular flexibility index (Phi) is 5.48. The lowest BCUT2D eigenvalue weighted by atomic mass is 10.2. The summed E-state index contributed by atoms with van der Waals surface area (Å²) >= 11 is 3.33. The molecule has 0 amide bonds. The topological polar surface area (TPSA) is 94.7 Å². The molecule has 12 heteroatoms. The van der Waals surface area contributed by atoms with Gasteiger partial charge in [-0.1, -0.05) is 15.9 Å². The maximum absolute atomic E-state index is 12.8. The van der Waals surface area contributed by atoms with Crippen LogP contribution in [0.5, 0.6) is 5.75 Å². The summed E-state index contributed by atoms with van der Waals surface area (Å²) in [6.07, 6.45) is 5.95. The maximum atomic E-state index is 12.8. The molecule has 0 radical (unpaired) electrons. The molecule has 0 fully saturated rings. The molecule has 0 N–H and O–H groups in total. The van der Waals surface area contributed by atoms with Crippen LogP contribution in [0.3, 0.4) is 0 Å². The van der Waals surface area contributed by atoms with E-state index in [9.17, 15) is 8.78 Å². The summed E-state index contributed by atoms with van der Waals surface area (Å²) in [4.78, 5) is 23.1. The van der Waals surface area contributed by atoms with E-state index in [0.717, 1.165) is 0 Å². The van der Waals surface area contributed by atoms with Crippen molar-refractivity contribution < 1.29 is 13.5 Å². The molecular formula is C18H15BrF2N8O. The van der Waals surface area contributed by atoms with Crippen LogP contribution < -0.4 is 9.64 Å². The van der Waals surface area contributed by atoms with Gasteiger partial charge in [0.2, 0.25) is 0 Å². The highest BCUT2D eigenvalue weighted by Crippen LogP contribution is 2.35. The highest BCUT2D eigenvalue weighted by Gasteiger charge is 2.23. The predicted molar refractivity (Wildman–Crippen MR) is 108 cm³/mol. The van der Waals surface area contributed by atoms with E-state index in [2.05, 4.69) is 50.7 Å². The summed E-state index contributed by atoms with van der Waals surface area (Å²) in [6, 6.07) is 4.59. The Morgan fingerprint density at radius 1 is 1.07 bits per heavy atom. The number of hydrogen-bond acceptors (Lipinski definition) is 8. The third-order valence-corrected chi connectivity index (χ3v) is 4.93. The van der Waals surface area contributed by atoms with Gasteiger partial charge in [0.1, 0.15) is 24.0 Å². The Bertz CT molecular complexity index is 1170. The van der Waals surface area contributed by atoms with Gasteiger partial charge in [-0.25, -0.2) is 24.9 Å². The highest BCUT2D eigenvalue weighted by atomic mass is 79.9. The lowest BCUT2D eigenvalue weighted by molar-refractivity contribution is -0.0489. The molecule has 0 aliphatic carbocycles. The third-order valence-electron chi connectivity index (χ3n) is 4.47. The Morgan fingerprint density at radius 2 is 1.83 bits per heavy atom. The molecule has 4 aromatic rings. The number of alkyl halides is 2. The van der Waals surface area contributed by atoms with Crippen molar-refractivity contribution >= 4 is 32.7 Å². The number of hydrogen-bond donors (Lipinski definition) is 0. The zero-order valence-corrected chi connectivity index (χ0v) is 17.4. The fraction of sp³-hybridized carbons (Fsp3) is 0.222. The van der Waals surface area contributed by atoms with Crippen molar-refractivity contribution in [1.82, 2.24) is 34.7 Å². The molecule has 1 unspecified atom stereocenters. The van der Waals surface area contributed by atoms with Gasteiger partial charge < -0.3 is 9.64 Å². The number of benzene rings is 1. The van der Waals surface area contributed by atoms with Crippen LogP contribution in [-0.4, -0.2) is 48.4 Å². The van der Waals surface area contributed by atoms with Gasteiger partial charge in [-0.15, -0.1) is 0 Å². The molecule has 0 saturated carbocycles. The lowest BCUT2D eigenvalue weighted by Gasteiger charge is -2.26. The van der Waals surface area contributed by atoms with Crippen molar-refractivity contribution in [2.75, 3.05) is 11.9 Å². The van der Waals surface area contributed by atoms with Crippen LogP contribution in [0.4, 0.5) is 14.6 Å². The quantitative estimate of drug-likeness (QED) is 0.416. The molecule has 4 rings (SSSR count). The van der Waals surface area contributed by atoms with E-state index in [0.29, 0.717) is 27.4 Å². The van der Waals surface area contributed by atoms with E-state index >= 15 is 0 Å². The van der Waals surface area contributed by atoms with E-state index in [1.54, 1.807) is 24.5 Å². The predicted octanol–water partition coefficient (Wildman–Crippen LogP) is 3.56. The first-order valence-electron chi connectivity index (χ1n) is 8.75. The number of rotatable bonds is 6. The standard InChI is InChI=1S/C18H15BrF2N8O/c1-10(15-26-9-27-29(15)18-22-4-3-5-23-18)28(2)16-12-6-11(19)7-13(30-17(20)21)14(12)24-8-25-16/h3-10,17H,1-2H3. The van der Waals surface area contributed by atoms with Crippen molar-refractivity contribution in [3.05, 3.63) is 53.5 Å². The van der Waals surface area contributed by atoms with Gasteiger partial charge in [-0.3, -0.25) is 0 Å². The second kappa shape index (κ2) is 8.22. The zero-order valence-electron chi connectivity index (χ0n) is 15.8. The molecule has 0 aliphatic heterocycles. The number of halogens is 3. The van der Waals surface area contributed by atoms with E-state index in [1.807, 2.05) is 18.9 Å². The van der Waals surface area contributed by atoms with Crippen molar-refractivity contribution in [3.63, 3.8) is 0 Å². The summed E-state index contributed by atoms with van der Waals surface area (Å²) in [5.74, 6) is 1.43. The first kappa shape index (κ1) is 20.0. The SMILES string of the molecule is CC(c1ncnn1-c1ncccn1)N(C)c1ncnc2c(OC(F)F)cc(Br)cc12. The average molecular weight is 477 g/mol. The molecule has 0 saturated heterocycles.